The molecule has 10 heteroatoms. The van der Waals surface area contributed by atoms with Crippen molar-refractivity contribution in [1.29, 1.82) is 0 Å². The molecule has 0 spiro atoms. The number of H-pyrrole nitrogens is 1. The standard InChI is InChI=1S/C24H17ClF4N4O/c25-18-7-15(8-19(26)10-18)13-33(20-3-1-16(2-4-20)22-12-31-14-32-22)23(34)9-17-11-30-6-5-21(17)24(27,28)29/h1-8,10-12,14H,9,13H2,(H,31,32). The molecule has 4 rings (SSSR count). The number of hydrogen-bond acceptors (Lipinski definition) is 3. The number of anilines is 1. The summed E-state index contributed by atoms with van der Waals surface area (Å²) in [7, 11) is 0. The number of imidazole rings is 1. The summed E-state index contributed by atoms with van der Waals surface area (Å²) < 4.78 is 54.2. The first-order valence-corrected chi connectivity index (χ1v) is 10.4. The summed E-state index contributed by atoms with van der Waals surface area (Å²) in [5, 5.41) is 0.142. The number of nitrogens with zero attached hydrogens (tertiary/aromatic N) is 3. The van der Waals surface area contributed by atoms with Crippen molar-refractivity contribution in [2.45, 2.75) is 19.1 Å². The van der Waals surface area contributed by atoms with Crippen LogP contribution in [0, 0.1) is 5.82 Å². The second-order valence-corrected chi connectivity index (χ2v) is 7.91. The van der Waals surface area contributed by atoms with E-state index in [0.29, 0.717) is 11.3 Å². The molecule has 0 fully saturated rings. The molecule has 4 aromatic rings. The van der Waals surface area contributed by atoms with Gasteiger partial charge in [0.15, 0.2) is 0 Å². The molecule has 34 heavy (non-hydrogen) atoms. The van der Waals surface area contributed by atoms with Crippen molar-refractivity contribution in [3.8, 4) is 11.3 Å². The van der Waals surface area contributed by atoms with Gasteiger partial charge < -0.3 is 9.88 Å². The van der Waals surface area contributed by atoms with Crippen molar-refractivity contribution < 1.29 is 22.4 Å². The molecule has 0 saturated heterocycles. The number of rotatable bonds is 6. The number of aromatic nitrogens is 3. The van der Waals surface area contributed by atoms with Gasteiger partial charge in [0.2, 0.25) is 5.91 Å². The van der Waals surface area contributed by atoms with E-state index in [9.17, 15) is 22.4 Å². The van der Waals surface area contributed by atoms with Crippen LogP contribution >= 0.6 is 11.6 Å². The van der Waals surface area contributed by atoms with Gasteiger partial charge in [-0.05, 0) is 53.1 Å². The molecule has 0 unspecified atom stereocenters. The number of benzene rings is 2. The third kappa shape index (κ3) is 5.43. The van der Waals surface area contributed by atoms with Gasteiger partial charge in [0, 0.05) is 23.1 Å². The molecule has 0 atom stereocenters. The topological polar surface area (TPSA) is 61.9 Å². The predicted molar refractivity (Wildman–Crippen MR) is 120 cm³/mol. The number of aromatic amines is 1. The molecular formula is C24H17ClF4N4O. The molecule has 0 aliphatic heterocycles. The molecule has 1 N–H and O–H groups in total. The van der Waals surface area contributed by atoms with Gasteiger partial charge in [-0.25, -0.2) is 9.37 Å². The van der Waals surface area contributed by atoms with Crippen molar-refractivity contribution in [2.75, 3.05) is 4.90 Å². The maximum atomic E-state index is 13.9. The van der Waals surface area contributed by atoms with Crippen molar-refractivity contribution in [3.63, 3.8) is 0 Å². The lowest BCUT2D eigenvalue weighted by Crippen LogP contribution is -2.32. The van der Waals surface area contributed by atoms with Crippen LogP contribution in [0.15, 0.2) is 73.4 Å². The Bertz CT molecular complexity index is 1270. The van der Waals surface area contributed by atoms with Gasteiger partial charge in [0.25, 0.3) is 0 Å². The highest BCUT2D eigenvalue weighted by Crippen LogP contribution is 2.32. The summed E-state index contributed by atoms with van der Waals surface area (Å²) in [6.45, 7) is -0.0959. The lowest BCUT2D eigenvalue weighted by atomic mass is 10.1. The van der Waals surface area contributed by atoms with Gasteiger partial charge in [-0.1, -0.05) is 23.7 Å². The molecule has 1 amide bonds. The SMILES string of the molecule is O=C(Cc1cnccc1C(F)(F)F)N(Cc1cc(F)cc(Cl)c1)c1ccc(-c2cnc[nH]2)cc1. The number of amides is 1. The Balaban J connectivity index is 1.68. The Morgan fingerprint density at radius 1 is 1.03 bits per heavy atom. The minimum Gasteiger partial charge on any atom is -0.345 e. The summed E-state index contributed by atoms with van der Waals surface area (Å²) in [5.74, 6) is -1.20. The Morgan fingerprint density at radius 2 is 1.79 bits per heavy atom. The van der Waals surface area contributed by atoms with Gasteiger partial charge in [-0.15, -0.1) is 0 Å². The third-order valence-electron chi connectivity index (χ3n) is 5.10. The van der Waals surface area contributed by atoms with E-state index in [1.165, 1.54) is 23.4 Å². The van der Waals surface area contributed by atoms with Crippen molar-refractivity contribution in [1.82, 2.24) is 15.0 Å². The van der Waals surface area contributed by atoms with Gasteiger partial charge in [0.1, 0.15) is 5.82 Å². The average Bonchev–Trinajstić information content (AvgIpc) is 3.32. The van der Waals surface area contributed by atoms with Gasteiger partial charge in [-0.3, -0.25) is 9.78 Å². The molecule has 2 aromatic heterocycles. The van der Waals surface area contributed by atoms with Crippen LogP contribution in [0.2, 0.25) is 5.02 Å². The van der Waals surface area contributed by atoms with Crippen LogP contribution in [-0.4, -0.2) is 20.9 Å². The van der Waals surface area contributed by atoms with Crippen molar-refractivity contribution in [2.24, 2.45) is 0 Å². The fourth-order valence-corrected chi connectivity index (χ4v) is 3.79. The quantitative estimate of drug-likeness (QED) is 0.336. The number of carbonyl (C=O) groups is 1. The first-order chi connectivity index (χ1) is 16.2. The number of alkyl halides is 3. The van der Waals surface area contributed by atoms with Crippen LogP contribution in [0.4, 0.5) is 23.2 Å². The van der Waals surface area contributed by atoms with Crippen molar-refractivity contribution in [3.05, 3.63) is 101 Å². The van der Waals surface area contributed by atoms with E-state index >= 15 is 0 Å². The normalized spacial score (nSPS) is 11.4. The molecule has 174 valence electrons. The second kappa shape index (κ2) is 9.64. The summed E-state index contributed by atoms with van der Waals surface area (Å²) >= 11 is 5.95. The Morgan fingerprint density at radius 3 is 2.44 bits per heavy atom. The summed E-state index contributed by atoms with van der Waals surface area (Å²) in [6, 6.07) is 11.5. The zero-order valence-electron chi connectivity index (χ0n) is 17.5. The summed E-state index contributed by atoms with van der Waals surface area (Å²) in [6.07, 6.45) is 0.0304. The summed E-state index contributed by atoms with van der Waals surface area (Å²) in [5.41, 5.74) is 1.18. The van der Waals surface area contributed by atoms with E-state index in [-0.39, 0.29) is 17.1 Å². The average molecular weight is 489 g/mol. The smallest absolute Gasteiger partial charge is 0.345 e. The van der Waals surface area contributed by atoms with Crippen LogP contribution in [-0.2, 0) is 23.9 Å². The fourth-order valence-electron chi connectivity index (χ4n) is 3.55. The van der Waals surface area contributed by atoms with Crippen LogP contribution in [0.25, 0.3) is 11.3 Å². The Hall–Kier alpha value is -3.72. The Kier molecular flexibility index (Phi) is 6.65. The molecule has 5 nitrogen and oxygen atoms in total. The van der Waals surface area contributed by atoms with Crippen LogP contribution < -0.4 is 4.90 Å². The molecule has 0 bridgehead atoms. The highest BCUT2D eigenvalue weighted by molar-refractivity contribution is 6.30. The molecule has 0 radical (unpaired) electrons. The summed E-state index contributed by atoms with van der Waals surface area (Å²) in [4.78, 5) is 25.2. The zero-order chi connectivity index (χ0) is 24.3. The molecule has 0 aliphatic carbocycles. The van der Waals surface area contributed by atoms with Crippen molar-refractivity contribution >= 4 is 23.2 Å². The molecular weight excluding hydrogens is 472 g/mol. The lowest BCUT2D eigenvalue weighted by molar-refractivity contribution is -0.138. The monoisotopic (exact) mass is 488 g/mol. The highest BCUT2D eigenvalue weighted by atomic mass is 35.5. The van der Waals surface area contributed by atoms with E-state index < -0.39 is 29.9 Å². The second-order valence-electron chi connectivity index (χ2n) is 7.48. The van der Waals surface area contributed by atoms with E-state index in [0.717, 1.165) is 35.8 Å². The minimum atomic E-state index is -4.63. The minimum absolute atomic E-state index is 0.0959. The van der Waals surface area contributed by atoms with Gasteiger partial charge >= 0.3 is 6.18 Å². The first kappa shape index (κ1) is 23.4. The van der Waals surface area contributed by atoms with Crippen LogP contribution in [0.5, 0.6) is 0 Å². The van der Waals surface area contributed by atoms with Crippen LogP contribution in [0.1, 0.15) is 16.7 Å². The number of carbonyl (C=O) groups excluding carboxylic acids is 1. The largest absolute Gasteiger partial charge is 0.416 e. The lowest BCUT2D eigenvalue weighted by Gasteiger charge is -2.24. The number of halogens is 5. The molecule has 2 aromatic carbocycles. The predicted octanol–water partition coefficient (Wildman–Crippen LogP) is 6.06. The molecule has 2 heterocycles. The number of hydrogen-bond donors (Lipinski definition) is 1. The van der Waals surface area contributed by atoms with E-state index in [4.69, 9.17) is 11.6 Å². The Labute approximate surface area is 197 Å². The number of nitrogens with one attached hydrogen (secondary N) is 1. The zero-order valence-corrected chi connectivity index (χ0v) is 18.2. The first-order valence-electron chi connectivity index (χ1n) is 10.0. The maximum Gasteiger partial charge on any atom is 0.416 e. The van der Waals surface area contributed by atoms with Crippen LogP contribution in [0.3, 0.4) is 0 Å². The highest BCUT2D eigenvalue weighted by Gasteiger charge is 2.34. The number of pyridine rings is 1. The maximum absolute atomic E-state index is 13.9. The van der Waals surface area contributed by atoms with E-state index in [1.54, 1.807) is 30.5 Å². The molecule has 0 saturated carbocycles. The van der Waals surface area contributed by atoms with Gasteiger partial charge in [-0.2, -0.15) is 13.2 Å². The fraction of sp³-hybridized carbons (Fsp3) is 0.125. The third-order valence-corrected chi connectivity index (χ3v) is 5.32. The molecule has 0 aliphatic rings. The van der Waals surface area contributed by atoms with E-state index in [1.807, 2.05) is 0 Å². The van der Waals surface area contributed by atoms with Gasteiger partial charge in [0.05, 0.1) is 36.7 Å². The van der Waals surface area contributed by atoms with E-state index in [2.05, 4.69) is 15.0 Å².